The van der Waals surface area contributed by atoms with Crippen molar-refractivity contribution in [3.63, 3.8) is 0 Å². The van der Waals surface area contributed by atoms with Crippen molar-refractivity contribution in [2.75, 3.05) is 23.4 Å². The average Bonchev–Trinajstić information content (AvgIpc) is 3.39. The van der Waals surface area contributed by atoms with E-state index in [2.05, 4.69) is 43.1 Å². The van der Waals surface area contributed by atoms with Gasteiger partial charge in [0.15, 0.2) is 0 Å². The van der Waals surface area contributed by atoms with Crippen molar-refractivity contribution in [1.29, 1.82) is 0 Å². The molecule has 3 aromatic carbocycles. The molecule has 1 fully saturated rings. The van der Waals surface area contributed by atoms with Gasteiger partial charge in [-0.25, -0.2) is 4.68 Å². The number of para-hydroxylation sites is 1. The van der Waals surface area contributed by atoms with Crippen LogP contribution in [0.4, 0.5) is 11.5 Å². The molecule has 7 nitrogen and oxygen atoms in total. The molecule has 1 aromatic heterocycles. The Morgan fingerprint density at radius 2 is 1.69 bits per heavy atom. The van der Waals surface area contributed by atoms with Crippen molar-refractivity contribution >= 4 is 29.4 Å². The number of benzene rings is 3. The normalized spacial score (nSPS) is 14.5. The standard InChI is InChI=1S/C35H39N5O2/c1-25-10-17-29(18-11-25)40-32(22-31(37-40)35(3,4)5)36-33(41)19-16-27-12-14-28(15-13-27)23-38-21-20-34(42)39(24-38)30-9-7-6-8-26(30)2/h6-19,22H,20-21,23-24H2,1-5H3,(H,36,41). The van der Waals surface area contributed by atoms with E-state index >= 15 is 0 Å². The Balaban J connectivity index is 1.23. The van der Waals surface area contributed by atoms with Gasteiger partial charge in [0.2, 0.25) is 11.8 Å². The summed E-state index contributed by atoms with van der Waals surface area (Å²) < 4.78 is 1.79. The van der Waals surface area contributed by atoms with E-state index in [4.69, 9.17) is 5.10 Å². The van der Waals surface area contributed by atoms with Crippen molar-refractivity contribution < 1.29 is 9.59 Å². The molecule has 2 amide bonds. The van der Waals surface area contributed by atoms with Crippen LogP contribution in [0.3, 0.4) is 0 Å². The predicted molar refractivity (Wildman–Crippen MR) is 170 cm³/mol. The lowest BCUT2D eigenvalue weighted by Gasteiger charge is -2.36. The molecule has 7 heteroatoms. The minimum Gasteiger partial charge on any atom is -0.307 e. The van der Waals surface area contributed by atoms with Crippen LogP contribution >= 0.6 is 0 Å². The first-order valence-electron chi connectivity index (χ1n) is 14.4. The minimum absolute atomic E-state index is 0.157. The lowest BCUT2D eigenvalue weighted by atomic mass is 9.92. The highest BCUT2D eigenvalue weighted by Gasteiger charge is 2.26. The van der Waals surface area contributed by atoms with Gasteiger partial charge in [-0.1, -0.05) is 80.9 Å². The first-order valence-corrected chi connectivity index (χ1v) is 14.4. The molecule has 1 aliphatic heterocycles. The molecule has 0 radical (unpaired) electrons. The zero-order chi connectivity index (χ0) is 29.9. The first kappa shape index (κ1) is 29.0. The Labute approximate surface area is 248 Å². The molecule has 1 aliphatic rings. The summed E-state index contributed by atoms with van der Waals surface area (Å²) in [4.78, 5) is 29.7. The van der Waals surface area contributed by atoms with Crippen LogP contribution in [0.25, 0.3) is 11.8 Å². The van der Waals surface area contributed by atoms with Gasteiger partial charge in [-0.3, -0.25) is 19.4 Å². The average molecular weight is 562 g/mol. The zero-order valence-corrected chi connectivity index (χ0v) is 25.1. The second kappa shape index (κ2) is 12.2. The zero-order valence-electron chi connectivity index (χ0n) is 25.1. The van der Waals surface area contributed by atoms with E-state index in [1.807, 2.05) is 91.6 Å². The van der Waals surface area contributed by atoms with E-state index in [1.54, 1.807) is 10.8 Å². The lowest BCUT2D eigenvalue weighted by molar-refractivity contribution is -0.121. The van der Waals surface area contributed by atoms with Gasteiger partial charge in [-0.2, -0.15) is 5.10 Å². The van der Waals surface area contributed by atoms with Crippen molar-refractivity contribution in [3.05, 3.63) is 113 Å². The fourth-order valence-electron chi connectivity index (χ4n) is 5.00. The maximum atomic E-state index is 12.9. The van der Waals surface area contributed by atoms with Gasteiger partial charge >= 0.3 is 0 Å². The maximum Gasteiger partial charge on any atom is 0.249 e. The topological polar surface area (TPSA) is 70.5 Å². The van der Waals surface area contributed by atoms with Gasteiger partial charge in [0.1, 0.15) is 5.82 Å². The number of amides is 2. The molecular formula is C35H39N5O2. The van der Waals surface area contributed by atoms with Crippen LogP contribution < -0.4 is 10.2 Å². The van der Waals surface area contributed by atoms with Gasteiger partial charge in [-0.15, -0.1) is 0 Å². The molecule has 0 aliphatic carbocycles. The fourth-order valence-corrected chi connectivity index (χ4v) is 5.00. The summed E-state index contributed by atoms with van der Waals surface area (Å²) in [5.74, 6) is 0.575. The number of hydrogen-bond acceptors (Lipinski definition) is 4. The smallest absolute Gasteiger partial charge is 0.249 e. The van der Waals surface area contributed by atoms with E-state index in [1.165, 1.54) is 0 Å². The molecule has 5 rings (SSSR count). The minimum atomic E-state index is -0.220. The second-order valence-electron chi connectivity index (χ2n) is 12.0. The van der Waals surface area contributed by atoms with Crippen LogP contribution in [0.5, 0.6) is 0 Å². The van der Waals surface area contributed by atoms with E-state index < -0.39 is 0 Å². The number of aryl methyl sites for hydroxylation is 2. The Kier molecular flexibility index (Phi) is 8.41. The SMILES string of the molecule is Cc1ccc(-n2nc(C(C)(C)C)cc2NC(=O)C=Cc2ccc(CN3CCC(=O)N(c4ccccc4C)C3)cc2)cc1. The van der Waals surface area contributed by atoms with E-state index in [0.29, 0.717) is 18.9 Å². The molecule has 0 spiro atoms. The number of carbonyl (C=O) groups excluding carboxylic acids is 2. The summed E-state index contributed by atoms with van der Waals surface area (Å²) >= 11 is 0. The van der Waals surface area contributed by atoms with Crippen molar-refractivity contribution in [2.24, 2.45) is 0 Å². The van der Waals surface area contributed by atoms with Gasteiger partial charge in [0.25, 0.3) is 0 Å². The van der Waals surface area contributed by atoms with Crippen LogP contribution in [0.2, 0.25) is 0 Å². The Hall–Kier alpha value is -4.49. The molecular weight excluding hydrogens is 522 g/mol. The van der Waals surface area contributed by atoms with Crippen molar-refractivity contribution in [2.45, 2.75) is 53.0 Å². The first-order chi connectivity index (χ1) is 20.1. The molecule has 0 saturated carbocycles. The number of hydrogen-bond donors (Lipinski definition) is 1. The summed E-state index contributed by atoms with van der Waals surface area (Å²) in [5.41, 5.74) is 6.97. The molecule has 1 N–H and O–H groups in total. The number of nitrogens with one attached hydrogen (secondary N) is 1. The Morgan fingerprint density at radius 3 is 2.38 bits per heavy atom. The summed E-state index contributed by atoms with van der Waals surface area (Å²) in [6.07, 6.45) is 3.87. The number of carbonyl (C=O) groups is 2. The molecule has 2 heterocycles. The Morgan fingerprint density at radius 1 is 0.976 bits per heavy atom. The number of anilines is 2. The Bertz CT molecular complexity index is 1590. The molecule has 216 valence electrons. The summed E-state index contributed by atoms with van der Waals surface area (Å²) in [7, 11) is 0. The summed E-state index contributed by atoms with van der Waals surface area (Å²) in [6.45, 7) is 12.5. The van der Waals surface area contributed by atoms with Crippen molar-refractivity contribution in [3.8, 4) is 5.69 Å². The maximum absolute atomic E-state index is 12.9. The largest absolute Gasteiger partial charge is 0.307 e. The van der Waals surface area contributed by atoms with Gasteiger partial charge < -0.3 is 5.32 Å². The summed E-state index contributed by atoms with van der Waals surface area (Å²) in [6, 6.07) is 26.2. The summed E-state index contributed by atoms with van der Waals surface area (Å²) in [5, 5.41) is 7.81. The predicted octanol–water partition coefficient (Wildman–Crippen LogP) is 6.63. The van der Waals surface area contributed by atoms with E-state index in [0.717, 1.165) is 52.4 Å². The van der Waals surface area contributed by atoms with E-state index in [9.17, 15) is 9.59 Å². The highest BCUT2D eigenvalue weighted by atomic mass is 16.2. The number of rotatable bonds is 7. The lowest BCUT2D eigenvalue weighted by Crippen LogP contribution is -2.48. The van der Waals surface area contributed by atoms with Crippen LogP contribution in [0, 0.1) is 13.8 Å². The van der Waals surface area contributed by atoms with Crippen LogP contribution in [-0.4, -0.2) is 39.7 Å². The molecule has 42 heavy (non-hydrogen) atoms. The molecule has 1 saturated heterocycles. The fraction of sp³-hybridized carbons (Fsp3) is 0.286. The second-order valence-corrected chi connectivity index (χ2v) is 12.0. The van der Waals surface area contributed by atoms with Gasteiger partial charge in [0.05, 0.1) is 18.1 Å². The van der Waals surface area contributed by atoms with Gasteiger partial charge in [0, 0.05) is 42.8 Å². The molecule has 0 atom stereocenters. The molecule has 0 unspecified atom stereocenters. The number of nitrogens with zero attached hydrogens (tertiary/aromatic N) is 4. The van der Waals surface area contributed by atoms with Crippen LogP contribution in [-0.2, 0) is 21.5 Å². The highest BCUT2D eigenvalue weighted by Crippen LogP contribution is 2.27. The monoisotopic (exact) mass is 561 g/mol. The van der Waals surface area contributed by atoms with Crippen molar-refractivity contribution in [1.82, 2.24) is 14.7 Å². The quantitative estimate of drug-likeness (QED) is 0.257. The molecule has 4 aromatic rings. The highest BCUT2D eigenvalue weighted by molar-refractivity contribution is 6.01. The molecule has 0 bridgehead atoms. The van der Waals surface area contributed by atoms with Crippen LogP contribution in [0.15, 0.2) is 84.9 Å². The third-order valence-electron chi connectivity index (χ3n) is 7.51. The number of aromatic nitrogens is 2. The van der Waals surface area contributed by atoms with Crippen LogP contribution in [0.1, 0.15) is 55.1 Å². The van der Waals surface area contributed by atoms with Gasteiger partial charge in [-0.05, 0) is 54.8 Å². The third kappa shape index (κ3) is 6.86. The third-order valence-corrected chi connectivity index (χ3v) is 7.51. The van der Waals surface area contributed by atoms with E-state index in [-0.39, 0.29) is 17.2 Å².